The molecule has 1 saturated carbocycles. The summed E-state index contributed by atoms with van der Waals surface area (Å²) in [5.41, 5.74) is 5.25. The first-order valence-electron chi connectivity index (χ1n) is 5.81. The van der Waals surface area contributed by atoms with Gasteiger partial charge in [-0.05, 0) is 25.7 Å². The van der Waals surface area contributed by atoms with Gasteiger partial charge < -0.3 is 16.2 Å². The van der Waals surface area contributed by atoms with Crippen LogP contribution in [-0.2, 0) is 9.59 Å². The summed E-state index contributed by atoms with van der Waals surface area (Å²) in [6.45, 7) is 1.05. The zero-order chi connectivity index (χ0) is 12.0. The summed E-state index contributed by atoms with van der Waals surface area (Å²) >= 11 is 0. The lowest BCUT2D eigenvalue weighted by molar-refractivity contribution is -0.137. The minimum absolute atomic E-state index is 0.0632. The SMILES string of the molecule is NCC1(C(=O)NCCCCCC(=O)O)CC1. The Labute approximate surface area is 95.4 Å². The van der Waals surface area contributed by atoms with E-state index in [1.807, 2.05) is 0 Å². The Morgan fingerprint density at radius 2 is 1.94 bits per heavy atom. The summed E-state index contributed by atoms with van der Waals surface area (Å²) in [5, 5.41) is 11.3. The summed E-state index contributed by atoms with van der Waals surface area (Å²) in [7, 11) is 0. The van der Waals surface area contributed by atoms with Crippen LogP contribution in [0.1, 0.15) is 38.5 Å². The van der Waals surface area contributed by atoms with Crippen LogP contribution in [0.5, 0.6) is 0 Å². The van der Waals surface area contributed by atoms with Crippen molar-refractivity contribution >= 4 is 11.9 Å². The fraction of sp³-hybridized carbons (Fsp3) is 0.818. The van der Waals surface area contributed by atoms with Crippen molar-refractivity contribution in [2.45, 2.75) is 38.5 Å². The summed E-state index contributed by atoms with van der Waals surface area (Å²) in [6, 6.07) is 0. The molecule has 0 radical (unpaired) electrons. The number of carboxylic acids is 1. The normalized spacial score (nSPS) is 16.8. The zero-order valence-electron chi connectivity index (χ0n) is 9.50. The predicted octanol–water partition coefficient (Wildman–Crippen LogP) is 0.486. The van der Waals surface area contributed by atoms with E-state index in [-0.39, 0.29) is 17.7 Å². The summed E-state index contributed by atoms with van der Waals surface area (Å²) < 4.78 is 0. The quantitative estimate of drug-likeness (QED) is 0.527. The Balaban J connectivity index is 1.99. The number of nitrogens with two attached hydrogens (primary N) is 1. The van der Waals surface area contributed by atoms with E-state index < -0.39 is 5.97 Å². The lowest BCUT2D eigenvalue weighted by Crippen LogP contribution is -2.37. The summed E-state index contributed by atoms with van der Waals surface area (Å²) in [4.78, 5) is 21.8. The minimum atomic E-state index is -0.760. The lowest BCUT2D eigenvalue weighted by atomic mass is 10.1. The molecule has 1 rings (SSSR count). The minimum Gasteiger partial charge on any atom is -0.481 e. The van der Waals surface area contributed by atoms with Crippen LogP contribution >= 0.6 is 0 Å². The van der Waals surface area contributed by atoms with Crippen LogP contribution < -0.4 is 11.1 Å². The maximum atomic E-state index is 11.6. The highest BCUT2D eigenvalue weighted by Gasteiger charge is 2.48. The smallest absolute Gasteiger partial charge is 0.303 e. The maximum absolute atomic E-state index is 11.6. The van der Waals surface area contributed by atoms with Gasteiger partial charge in [0.25, 0.3) is 0 Å². The van der Waals surface area contributed by atoms with Gasteiger partial charge in [-0.1, -0.05) is 6.42 Å². The van der Waals surface area contributed by atoms with E-state index >= 15 is 0 Å². The molecule has 1 aliphatic carbocycles. The van der Waals surface area contributed by atoms with Gasteiger partial charge in [0.1, 0.15) is 0 Å². The molecule has 1 aliphatic rings. The average Bonchev–Trinajstić information content (AvgIpc) is 3.03. The van der Waals surface area contributed by atoms with Gasteiger partial charge in [0.2, 0.25) is 5.91 Å². The van der Waals surface area contributed by atoms with E-state index in [0.717, 1.165) is 25.7 Å². The largest absolute Gasteiger partial charge is 0.481 e. The zero-order valence-corrected chi connectivity index (χ0v) is 9.50. The predicted molar refractivity (Wildman–Crippen MR) is 59.8 cm³/mol. The van der Waals surface area contributed by atoms with E-state index in [9.17, 15) is 9.59 Å². The van der Waals surface area contributed by atoms with Crippen LogP contribution in [-0.4, -0.2) is 30.1 Å². The van der Waals surface area contributed by atoms with Crippen molar-refractivity contribution < 1.29 is 14.7 Å². The van der Waals surface area contributed by atoms with Crippen molar-refractivity contribution in [2.24, 2.45) is 11.1 Å². The molecule has 92 valence electrons. The molecule has 0 bridgehead atoms. The molecular formula is C11H20N2O3. The van der Waals surface area contributed by atoms with Crippen molar-refractivity contribution in [3.8, 4) is 0 Å². The number of aliphatic carboxylic acids is 1. The van der Waals surface area contributed by atoms with Crippen LogP contribution in [0.3, 0.4) is 0 Å². The van der Waals surface area contributed by atoms with Gasteiger partial charge in [0, 0.05) is 19.5 Å². The second-order valence-corrected chi connectivity index (χ2v) is 4.44. The van der Waals surface area contributed by atoms with Crippen molar-refractivity contribution in [1.82, 2.24) is 5.32 Å². The number of nitrogens with one attached hydrogen (secondary N) is 1. The first-order valence-corrected chi connectivity index (χ1v) is 5.81. The number of carbonyl (C=O) groups excluding carboxylic acids is 1. The molecule has 4 N–H and O–H groups in total. The highest BCUT2D eigenvalue weighted by atomic mass is 16.4. The topological polar surface area (TPSA) is 92.4 Å². The van der Waals surface area contributed by atoms with Crippen molar-refractivity contribution in [1.29, 1.82) is 0 Å². The fourth-order valence-corrected chi connectivity index (χ4v) is 1.64. The monoisotopic (exact) mass is 228 g/mol. The standard InChI is InChI=1S/C11H20N2O3/c12-8-11(5-6-11)10(16)13-7-3-1-2-4-9(14)15/h1-8,12H2,(H,13,16)(H,14,15). The number of carboxylic acid groups (broad SMARTS) is 1. The first kappa shape index (κ1) is 13.0. The number of hydrogen-bond acceptors (Lipinski definition) is 3. The molecule has 0 atom stereocenters. The molecule has 5 heteroatoms. The molecule has 1 fully saturated rings. The number of hydrogen-bond donors (Lipinski definition) is 3. The van der Waals surface area contributed by atoms with Gasteiger partial charge >= 0.3 is 5.97 Å². The first-order chi connectivity index (χ1) is 7.60. The van der Waals surface area contributed by atoms with Crippen LogP contribution in [0.25, 0.3) is 0 Å². The molecule has 0 unspecified atom stereocenters. The molecule has 0 saturated heterocycles. The molecule has 0 spiro atoms. The van der Waals surface area contributed by atoms with E-state index in [0.29, 0.717) is 19.5 Å². The highest BCUT2D eigenvalue weighted by molar-refractivity contribution is 5.85. The maximum Gasteiger partial charge on any atom is 0.303 e. The van der Waals surface area contributed by atoms with Gasteiger partial charge in [-0.15, -0.1) is 0 Å². The van der Waals surface area contributed by atoms with E-state index in [1.165, 1.54) is 0 Å². The second kappa shape index (κ2) is 5.84. The molecule has 0 aromatic carbocycles. The van der Waals surface area contributed by atoms with Gasteiger partial charge in [-0.25, -0.2) is 0 Å². The molecule has 1 amide bonds. The van der Waals surface area contributed by atoms with Crippen molar-refractivity contribution in [2.75, 3.05) is 13.1 Å². The number of carbonyl (C=O) groups is 2. The average molecular weight is 228 g/mol. The Kier molecular flexibility index (Phi) is 4.73. The van der Waals surface area contributed by atoms with Gasteiger partial charge in [-0.2, -0.15) is 0 Å². The Bertz CT molecular complexity index is 262. The third kappa shape index (κ3) is 3.81. The van der Waals surface area contributed by atoms with Gasteiger partial charge in [0.15, 0.2) is 0 Å². The molecule has 0 aliphatic heterocycles. The van der Waals surface area contributed by atoms with Gasteiger partial charge in [0.05, 0.1) is 5.41 Å². The Hall–Kier alpha value is -1.10. The number of amides is 1. The van der Waals surface area contributed by atoms with E-state index in [4.69, 9.17) is 10.8 Å². The van der Waals surface area contributed by atoms with Gasteiger partial charge in [-0.3, -0.25) is 9.59 Å². The highest BCUT2D eigenvalue weighted by Crippen LogP contribution is 2.44. The lowest BCUT2D eigenvalue weighted by Gasteiger charge is -2.12. The molecular weight excluding hydrogens is 208 g/mol. The van der Waals surface area contributed by atoms with E-state index in [2.05, 4.69) is 5.32 Å². The molecule has 0 aromatic rings. The fourth-order valence-electron chi connectivity index (χ4n) is 1.64. The van der Waals surface area contributed by atoms with Crippen LogP contribution in [0.4, 0.5) is 0 Å². The van der Waals surface area contributed by atoms with Crippen LogP contribution in [0, 0.1) is 5.41 Å². The third-order valence-electron chi connectivity index (χ3n) is 3.08. The van der Waals surface area contributed by atoms with Crippen LogP contribution in [0.2, 0.25) is 0 Å². The third-order valence-corrected chi connectivity index (χ3v) is 3.08. The number of rotatable bonds is 8. The second-order valence-electron chi connectivity index (χ2n) is 4.44. The molecule has 0 heterocycles. The molecule has 5 nitrogen and oxygen atoms in total. The Morgan fingerprint density at radius 3 is 2.44 bits per heavy atom. The van der Waals surface area contributed by atoms with Crippen molar-refractivity contribution in [3.05, 3.63) is 0 Å². The number of unbranched alkanes of at least 4 members (excludes halogenated alkanes) is 2. The van der Waals surface area contributed by atoms with Crippen LogP contribution in [0.15, 0.2) is 0 Å². The molecule has 0 aromatic heterocycles. The molecule has 16 heavy (non-hydrogen) atoms. The summed E-state index contributed by atoms with van der Waals surface area (Å²) in [6.07, 6.45) is 4.35. The van der Waals surface area contributed by atoms with E-state index in [1.54, 1.807) is 0 Å². The van der Waals surface area contributed by atoms with Crippen molar-refractivity contribution in [3.63, 3.8) is 0 Å². The Morgan fingerprint density at radius 1 is 1.25 bits per heavy atom. The summed E-state index contributed by atoms with van der Waals surface area (Å²) in [5.74, 6) is -0.697.